The highest BCUT2D eigenvalue weighted by atomic mass is 127. The first-order valence-electron chi connectivity index (χ1n) is 3.27. The van der Waals surface area contributed by atoms with Crippen LogP contribution in [0.2, 0.25) is 0 Å². The number of carbonyl (C=O) groups is 1. The second-order valence-electron chi connectivity index (χ2n) is 2.29. The van der Waals surface area contributed by atoms with Crippen LogP contribution < -0.4 is 0 Å². The molecule has 0 amide bonds. The normalized spacial score (nSPS) is 9.93. The van der Waals surface area contributed by atoms with Crippen LogP contribution in [0, 0.1) is 19.5 Å². The van der Waals surface area contributed by atoms with Gasteiger partial charge in [-0.2, -0.15) is 4.39 Å². The summed E-state index contributed by atoms with van der Waals surface area (Å²) in [6, 6.07) is 2.37. The minimum Gasteiger partial charge on any atom is -0.275 e. The Kier molecular flexibility index (Phi) is 3.38. The Morgan fingerprint density at radius 3 is 2.57 bits per heavy atom. The van der Waals surface area contributed by atoms with Crippen molar-refractivity contribution < 1.29 is 14.1 Å². The summed E-state index contributed by atoms with van der Waals surface area (Å²) in [5, 5.41) is 9.37. The van der Waals surface area contributed by atoms with Gasteiger partial charge in [-0.1, -0.05) is 0 Å². The first kappa shape index (κ1) is 11.3. The van der Waals surface area contributed by atoms with Crippen molar-refractivity contribution in [1.29, 1.82) is 0 Å². The third kappa shape index (κ3) is 2.01. The quantitative estimate of drug-likeness (QED) is 0.363. The smallest absolute Gasteiger partial charge is 0.275 e. The molecule has 0 aromatic heterocycles. The highest BCUT2D eigenvalue weighted by molar-refractivity contribution is 14.1. The fraction of sp³-hybridized carbons (Fsp3) is 0. The molecule has 0 aliphatic rings. The van der Waals surface area contributed by atoms with Gasteiger partial charge in [0, 0.05) is 0 Å². The third-order valence-electron chi connectivity index (χ3n) is 1.46. The molecule has 7 heteroatoms. The van der Waals surface area contributed by atoms with E-state index in [1.54, 1.807) is 22.6 Å². The Morgan fingerprint density at radius 1 is 1.57 bits per heavy atom. The molecular formula is C7H2ClFINO3. The second kappa shape index (κ2) is 4.18. The fourth-order valence-corrected chi connectivity index (χ4v) is 1.62. The maximum atomic E-state index is 13.3. The molecule has 0 aliphatic carbocycles. The van der Waals surface area contributed by atoms with E-state index in [0.717, 1.165) is 6.07 Å². The fourth-order valence-electron chi connectivity index (χ4n) is 0.860. The SMILES string of the molecule is O=C(Cl)c1ccc(I)c([N+](=O)[O-])c1F. The molecule has 14 heavy (non-hydrogen) atoms. The molecule has 1 rings (SSSR count). The Hall–Kier alpha value is -0.760. The van der Waals surface area contributed by atoms with Gasteiger partial charge in [-0.25, -0.2) is 0 Å². The number of nitro benzene ring substituents is 1. The van der Waals surface area contributed by atoms with Crippen LogP contribution in [0.5, 0.6) is 0 Å². The predicted molar refractivity (Wildman–Crippen MR) is 56.0 cm³/mol. The van der Waals surface area contributed by atoms with Crippen molar-refractivity contribution in [3.05, 3.63) is 37.2 Å². The molecule has 0 bridgehead atoms. The van der Waals surface area contributed by atoms with Crippen molar-refractivity contribution in [3.8, 4) is 0 Å². The molecule has 4 nitrogen and oxygen atoms in total. The largest absolute Gasteiger partial charge is 0.318 e. The monoisotopic (exact) mass is 329 g/mol. The van der Waals surface area contributed by atoms with Crippen LogP contribution in [-0.2, 0) is 0 Å². The molecule has 0 N–H and O–H groups in total. The van der Waals surface area contributed by atoms with E-state index in [2.05, 4.69) is 0 Å². The third-order valence-corrected chi connectivity index (χ3v) is 2.54. The van der Waals surface area contributed by atoms with Crippen molar-refractivity contribution >= 4 is 45.1 Å². The van der Waals surface area contributed by atoms with Crippen molar-refractivity contribution in [2.24, 2.45) is 0 Å². The standard InChI is InChI=1S/C7H2ClFINO3/c8-7(12)3-1-2-4(10)6(5(3)9)11(13)14/h1-2H. The molecule has 0 aliphatic heterocycles. The number of benzene rings is 1. The Bertz CT molecular complexity index is 424. The first-order valence-corrected chi connectivity index (χ1v) is 4.73. The number of rotatable bonds is 2. The molecule has 0 unspecified atom stereocenters. The summed E-state index contributed by atoms with van der Waals surface area (Å²) in [7, 11) is 0. The molecular weight excluding hydrogens is 327 g/mol. The van der Waals surface area contributed by atoms with Gasteiger partial charge in [0.05, 0.1) is 14.1 Å². The van der Waals surface area contributed by atoms with Gasteiger partial charge in [0.1, 0.15) is 0 Å². The lowest BCUT2D eigenvalue weighted by molar-refractivity contribution is -0.388. The number of nitro groups is 1. The second-order valence-corrected chi connectivity index (χ2v) is 3.79. The Morgan fingerprint density at radius 2 is 2.14 bits per heavy atom. The lowest BCUT2D eigenvalue weighted by Crippen LogP contribution is -2.02. The molecule has 1 aromatic carbocycles. The summed E-state index contributed by atoms with van der Waals surface area (Å²) in [4.78, 5) is 20.2. The summed E-state index contributed by atoms with van der Waals surface area (Å²) in [6.07, 6.45) is 0. The summed E-state index contributed by atoms with van der Waals surface area (Å²) in [5.41, 5.74) is -1.21. The molecule has 1 aromatic rings. The van der Waals surface area contributed by atoms with E-state index in [1.165, 1.54) is 6.07 Å². The van der Waals surface area contributed by atoms with Crippen LogP contribution in [0.1, 0.15) is 10.4 Å². The average molecular weight is 329 g/mol. The van der Waals surface area contributed by atoms with E-state index < -0.39 is 27.2 Å². The van der Waals surface area contributed by atoms with Crippen molar-refractivity contribution in [3.63, 3.8) is 0 Å². The summed E-state index contributed by atoms with van der Waals surface area (Å²) < 4.78 is 13.4. The zero-order valence-electron chi connectivity index (χ0n) is 6.46. The molecule has 0 saturated carbocycles. The lowest BCUT2D eigenvalue weighted by Gasteiger charge is -2.00. The molecule has 0 heterocycles. The highest BCUT2D eigenvalue weighted by Gasteiger charge is 2.24. The first-order chi connectivity index (χ1) is 6.45. The molecule has 0 atom stereocenters. The van der Waals surface area contributed by atoms with Crippen LogP contribution >= 0.6 is 34.2 Å². The zero-order chi connectivity index (χ0) is 10.9. The average Bonchev–Trinajstić information content (AvgIpc) is 2.02. The topological polar surface area (TPSA) is 60.2 Å². The summed E-state index contributed by atoms with van der Waals surface area (Å²) in [5.74, 6) is -1.19. The van der Waals surface area contributed by atoms with Crippen LogP contribution in [0.3, 0.4) is 0 Å². The summed E-state index contributed by atoms with van der Waals surface area (Å²) >= 11 is 6.64. The van der Waals surface area contributed by atoms with Crippen molar-refractivity contribution in [1.82, 2.24) is 0 Å². The van der Waals surface area contributed by atoms with E-state index in [-0.39, 0.29) is 3.57 Å². The van der Waals surface area contributed by atoms with Gasteiger partial charge in [-0.3, -0.25) is 14.9 Å². The van der Waals surface area contributed by atoms with Crippen LogP contribution in [-0.4, -0.2) is 10.2 Å². The van der Waals surface area contributed by atoms with Crippen LogP contribution in [0.15, 0.2) is 12.1 Å². The number of carbonyl (C=O) groups excluding carboxylic acids is 1. The molecule has 0 spiro atoms. The molecule has 0 fully saturated rings. The van der Waals surface area contributed by atoms with E-state index in [9.17, 15) is 19.3 Å². The van der Waals surface area contributed by atoms with Crippen molar-refractivity contribution in [2.45, 2.75) is 0 Å². The van der Waals surface area contributed by atoms with Gasteiger partial charge < -0.3 is 0 Å². The van der Waals surface area contributed by atoms with Gasteiger partial charge in [0.15, 0.2) is 0 Å². The highest BCUT2D eigenvalue weighted by Crippen LogP contribution is 2.27. The van der Waals surface area contributed by atoms with Gasteiger partial charge in [-0.05, 0) is 46.3 Å². The number of halogens is 3. The predicted octanol–water partition coefficient (Wildman–Crippen LogP) is 2.72. The van der Waals surface area contributed by atoms with Crippen molar-refractivity contribution in [2.75, 3.05) is 0 Å². The number of hydrogen-bond donors (Lipinski definition) is 0. The van der Waals surface area contributed by atoms with E-state index in [4.69, 9.17) is 11.6 Å². The summed E-state index contributed by atoms with van der Waals surface area (Å²) in [6.45, 7) is 0. The lowest BCUT2D eigenvalue weighted by atomic mass is 10.2. The molecule has 74 valence electrons. The van der Waals surface area contributed by atoms with Gasteiger partial charge in [-0.15, -0.1) is 0 Å². The molecule has 0 saturated heterocycles. The zero-order valence-corrected chi connectivity index (χ0v) is 9.37. The maximum absolute atomic E-state index is 13.3. The van der Waals surface area contributed by atoms with E-state index >= 15 is 0 Å². The Labute approximate surface area is 96.3 Å². The van der Waals surface area contributed by atoms with Gasteiger partial charge in [0.2, 0.25) is 5.82 Å². The maximum Gasteiger partial charge on any atom is 0.318 e. The van der Waals surface area contributed by atoms with Gasteiger partial charge in [0.25, 0.3) is 5.24 Å². The van der Waals surface area contributed by atoms with Gasteiger partial charge >= 0.3 is 5.69 Å². The van der Waals surface area contributed by atoms with Crippen LogP contribution in [0.25, 0.3) is 0 Å². The van der Waals surface area contributed by atoms with E-state index in [1.807, 2.05) is 0 Å². The minimum absolute atomic E-state index is 0.117. The van der Waals surface area contributed by atoms with E-state index in [0.29, 0.717) is 0 Å². The number of hydrogen-bond acceptors (Lipinski definition) is 3. The Balaban J connectivity index is 3.49. The number of nitrogens with zero attached hydrogens (tertiary/aromatic N) is 1. The minimum atomic E-state index is -1.19. The molecule has 0 radical (unpaired) electrons. The van der Waals surface area contributed by atoms with Crippen LogP contribution in [0.4, 0.5) is 10.1 Å².